The fourth-order valence-electron chi connectivity index (χ4n) is 3.44. The van der Waals surface area contributed by atoms with Crippen LogP contribution >= 0.6 is 0 Å². The summed E-state index contributed by atoms with van der Waals surface area (Å²) in [6, 6.07) is 13.6. The highest BCUT2D eigenvalue weighted by Gasteiger charge is 2.25. The number of hydrogen-bond acceptors (Lipinski definition) is 4. The number of carbonyl (C=O) groups excluding carboxylic acids is 1. The van der Waals surface area contributed by atoms with E-state index in [1.54, 1.807) is 19.0 Å². The minimum absolute atomic E-state index is 0.118. The first-order chi connectivity index (χ1) is 13.1. The largest absolute Gasteiger partial charge is 0.359 e. The number of fused-ring (bicyclic) bond motifs is 2. The van der Waals surface area contributed by atoms with Gasteiger partial charge in [-0.2, -0.15) is 0 Å². The number of urea groups is 1. The molecule has 2 N–H and O–H groups in total. The summed E-state index contributed by atoms with van der Waals surface area (Å²) in [4.78, 5) is 31.4. The van der Waals surface area contributed by atoms with E-state index in [2.05, 4.69) is 15.6 Å². The van der Waals surface area contributed by atoms with Gasteiger partial charge in [-0.25, -0.2) is 9.78 Å². The Hall–Kier alpha value is -3.35. The maximum atomic E-state index is 12.7. The molecule has 0 fully saturated rings. The average Bonchev–Trinajstić information content (AvgIpc) is 2.70. The van der Waals surface area contributed by atoms with Gasteiger partial charge in [-0.3, -0.25) is 9.36 Å². The molecule has 27 heavy (non-hydrogen) atoms. The third-order valence-electron chi connectivity index (χ3n) is 4.95. The van der Waals surface area contributed by atoms with E-state index in [0.717, 1.165) is 22.2 Å². The van der Waals surface area contributed by atoms with Crippen molar-refractivity contribution in [1.29, 1.82) is 0 Å². The predicted molar refractivity (Wildman–Crippen MR) is 106 cm³/mol. The summed E-state index contributed by atoms with van der Waals surface area (Å²) >= 11 is 0. The lowest BCUT2D eigenvalue weighted by atomic mass is 10.1. The van der Waals surface area contributed by atoms with Crippen LogP contribution in [-0.2, 0) is 20.0 Å². The summed E-state index contributed by atoms with van der Waals surface area (Å²) in [5.74, 6) is 0.535. The number of nitrogens with one attached hydrogen (secondary N) is 2. The molecule has 0 bridgehead atoms. The minimum Gasteiger partial charge on any atom is -0.359 e. The van der Waals surface area contributed by atoms with Crippen molar-refractivity contribution in [2.75, 3.05) is 24.2 Å². The molecule has 0 unspecified atom stereocenters. The van der Waals surface area contributed by atoms with Crippen LogP contribution in [0, 0.1) is 0 Å². The normalized spacial score (nSPS) is 13.3. The molecule has 1 aliphatic heterocycles. The third kappa shape index (κ3) is 3.12. The van der Waals surface area contributed by atoms with Gasteiger partial charge in [0, 0.05) is 32.7 Å². The van der Waals surface area contributed by atoms with Gasteiger partial charge in [0.15, 0.2) is 0 Å². The van der Waals surface area contributed by atoms with E-state index in [1.807, 2.05) is 42.5 Å². The number of nitrogens with zero attached hydrogens (tertiary/aromatic N) is 3. The first-order valence-electron chi connectivity index (χ1n) is 8.88. The molecule has 0 radical (unpaired) electrons. The summed E-state index contributed by atoms with van der Waals surface area (Å²) < 4.78 is 1.48. The third-order valence-corrected chi connectivity index (χ3v) is 4.95. The molecule has 2 amide bonds. The molecule has 1 aromatic heterocycles. The van der Waals surface area contributed by atoms with Crippen LogP contribution in [0.15, 0.2) is 47.3 Å². The van der Waals surface area contributed by atoms with E-state index in [0.29, 0.717) is 24.5 Å². The molecule has 3 aromatic rings. The molecule has 138 valence electrons. The Balaban J connectivity index is 1.55. The zero-order valence-electron chi connectivity index (χ0n) is 15.3. The van der Waals surface area contributed by atoms with Gasteiger partial charge >= 0.3 is 6.03 Å². The average molecular weight is 363 g/mol. The molecule has 7 heteroatoms. The van der Waals surface area contributed by atoms with Gasteiger partial charge in [-0.1, -0.05) is 30.3 Å². The number of amides is 2. The quantitative estimate of drug-likeness (QED) is 0.733. The van der Waals surface area contributed by atoms with Crippen molar-refractivity contribution in [3.05, 3.63) is 64.1 Å². The summed E-state index contributed by atoms with van der Waals surface area (Å²) in [7, 11) is 3.41. The molecule has 0 atom stereocenters. The maximum absolute atomic E-state index is 12.7. The van der Waals surface area contributed by atoms with E-state index in [4.69, 9.17) is 0 Å². The number of carbonyl (C=O) groups is 1. The second kappa shape index (κ2) is 6.75. The Morgan fingerprint density at radius 3 is 2.70 bits per heavy atom. The van der Waals surface area contributed by atoms with Crippen LogP contribution in [0.3, 0.4) is 0 Å². The number of benzene rings is 2. The Labute approximate surface area is 156 Å². The fraction of sp³-hybridized carbons (Fsp3) is 0.250. The molecule has 0 spiro atoms. The van der Waals surface area contributed by atoms with Crippen LogP contribution in [0.25, 0.3) is 10.8 Å². The predicted octanol–water partition coefficient (Wildman–Crippen LogP) is 2.57. The van der Waals surface area contributed by atoms with Gasteiger partial charge in [0.1, 0.15) is 0 Å². The molecule has 7 nitrogen and oxygen atoms in total. The van der Waals surface area contributed by atoms with Gasteiger partial charge in [-0.05, 0) is 22.9 Å². The minimum atomic E-state index is -0.212. The van der Waals surface area contributed by atoms with E-state index < -0.39 is 0 Å². The van der Waals surface area contributed by atoms with E-state index in [9.17, 15) is 9.59 Å². The Morgan fingerprint density at radius 1 is 1.15 bits per heavy atom. The summed E-state index contributed by atoms with van der Waals surface area (Å²) in [6.07, 6.45) is 0.561. The highest BCUT2D eigenvalue weighted by atomic mass is 16.2. The van der Waals surface area contributed by atoms with Crippen LogP contribution < -0.4 is 16.2 Å². The first kappa shape index (κ1) is 17.1. The van der Waals surface area contributed by atoms with Crippen molar-refractivity contribution in [3.63, 3.8) is 0 Å². The number of rotatable bonds is 2. The van der Waals surface area contributed by atoms with Crippen molar-refractivity contribution < 1.29 is 4.79 Å². The van der Waals surface area contributed by atoms with E-state index >= 15 is 0 Å². The highest BCUT2D eigenvalue weighted by Crippen LogP contribution is 2.21. The second-order valence-corrected chi connectivity index (χ2v) is 6.64. The topological polar surface area (TPSA) is 79.3 Å². The lowest BCUT2D eigenvalue weighted by Crippen LogP contribution is -2.42. The molecule has 0 saturated heterocycles. The van der Waals surface area contributed by atoms with Gasteiger partial charge in [-0.15, -0.1) is 0 Å². The Morgan fingerprint density at radius 2 is 1.93 bits per heavy atom. The van der Waals surface area contributed by atoms with Crippen molar-refractivity contribution >= 4 is 28.4 Å². The Bertz CT molecular complexity index is 1090. The van der Waals surface area contributed by atoms with Crippen LogP contribution in [0.1, 0.15) is 11.3 Å². The molecular formula is C20H21N5O2. The van der Waals surface area contributed by atoms with Crippen molar-refractivity contribution in [2.45, 2.75) is 13.0 Å². The fourth-order valence-corrected chi connectivity index (χ4v) is 3.44. The van der Waals surface area contributed by atoms with Crippen LogP contribution in [-0.4, -0.2) is 34.1 Å². The smallest absolute Gasteiger partial charge is 0.322 e. The SMILES string of the molecule is CNc1nc2c(c(=O)n1C)CN(C(=O)Nc1ccc3ccccc3c1)CC2. The van der Waals surface area contributed by atoms with Gasteiger partial charge < -0.3 is 15.5 Å². The molecular weight excluding hydrogens is 342 g/mol. The standard InChI is InChI=1S/C20H21N5O2/c1-21-19-23-17-9-10-25(12-16(17)18(26)24(19)2)20(27)22-15-8-7-13-5-3-4-6-14(13)11-15/h3-8,11H,9-10,12H2,1-2H3,(H,21,23)(H,22,27). The first-order valence-corrected chi connectivity index (χ1v) is 8.88. The van der Waals surface area contributed by atoms with Gasteiger partial charge in [0.05, 0.1) is 17.8 Å². The molecule has 0 saturated carbocycles. The molecule has 1 aliphatic rings. The summed E-state index contributed by atoms with van der Waals surface area (Å²) in [5.41, 5.74) is 1.96. The van der Waals surface area contributed by atoms with Crippen molar-refractivity contribution in [2.24, 2.45) is 7.05 Å². The van der Waals surface area contributed by atoms with E-state index in [-0.39, 0.29) is 18.1 Å². The molecule has 4 rings (SSSR count). The lowest BCUT2D eigenvalue weighted by molar-refractivity contribution is 0.205. The monoisotopic (exact) mass is 363 g/mol. The van der Waals surface area contributed by atoms with Gasteiger partial charge in [0.2, 0.25) is 5.95 Å². The van der Waals surface area contributed by atoms with Gasteiger partial charge in [0.25, 0.3) is 5.56 Å². The zero-order valence-corrected chi connectivity index (χ0v) is 15.3. The molecule has 2 aromatic carbocycles. The van der Waals surface area contributed by atoms with E-state index in [1.165, 1.54) is 4.57 Å². The van der Waals surface area contributed by atoms with Crippen LogP contribution in [0.2, 0.25) is 0 Å². The summed E-state index contributed by atoms with van der Waals surface area (Å²) in [6.45, 7) is 0.786. The zero-order chi connectivity index (χ0) is 19.0. The molecule has 0 aliphatic carbocycles. The summed E-state index contributed by atoms with van der Waals surface area (Å²) in [5, 5.41) is 8.05. The molecule has 2 heterocycles. The number of aromatic nitrogens is 2. The van der Waals surface area contributed by atoms with Crippen molar-refractivity contribution in [1.82, 2.24) is 14.5 Å². The van der Waals surface area contributed by atoms with Crippen molar-refractivity contribution in [3.8, 4) is 0 Å². The second-order valence-electron chi connectivity index (χ2n) is 6.64. The maximum Gasteiger partial charge on any atom is 0.322 e. The van der Waals surface area contributed by atoms with Crippen LogP contribution in [0.5, 0.6) is 0 Å². The highest BCUT2D eigenvalue weighted by molar-refractivity contribution is 5.93. The number of hydrogen-bond donors (Lipinski definition) is 2. The number of anilines is 2. The lowest BCUT2D eigenvalue weighted by Gasteiger charge is -2.28. The Kier molecular flexibility index (Phi) is 4.27. The van der Waals surface area contributed by atoms with Crippen LogP contribution in [0.4, 0.5) is 16.4 Å².